The molecule has 57 heavy (non-hydrogen) atoms. The zero-order valence-electron chi connectivity index (χ0n) is 32.5. The molecule has 2 aliphatic carbocycles. The molecule has 16 heteroatoms. The van der Waals surface area contributed by atoms with E-state index in [-0.39, 0.29) is 63.7 Å². The maximum absolute atomic E-state index is 13.2. The second kappa shape index (κ2) is 20.9. The Bertz CT molecular complexity index is 1480. The summed E-state index contributed by atoms with van der Waals surface area (Å²) in [6.45, 7) is 4.21. The highest BCUT2D eigenvalue weighted by molar-refractivity contribution is 7.99. The van der Waals surface area contributed by atoms with E-state index in [1.54, 1.807) is 12.5 Å². The third kappa shape index (κ3) is 11.7. The van der Waals surface area contributed by atoms with Gasteiger partial charge in [0.1, 0.15) is 11.5 Å². The smallest absolute Gasteiger partial charge is 0.416 e. The van der Waals surface area contributed by atoms with Crippen LogP contribution in [0.25, 0.3) is 0 Å². The number of ether oxygens (including phenoxy) is 2. The highest BCUT2D eigenvalue weighted by atomic mass is 32.2. The number of hydrogen-bond acceptors (Lipinski definition) is 8. The van der Waals surface area contributed by atoms with E-state index >= 15 is 0 Å². The molecule has 8 nitrogen and oxygen atoms in total. The van der Waals surface area contributed by atoms with Crippen molar-refractivity contribution in [2.24, 2.45) is 0 Å². The minimum absolute atomic E-state index is 0. The first-order valence-corrected chi connectivity index (χ1v) is 21.9. The van der Waals surface area contributed by atoms with Gasteiger partial charge in [-0.05, 0) is 114 Å². The predicted molar refractivity (Wildman–Crippen MR) is 215 cm³/mol. The van der Waals surface area contributed by atoms with Crippen molar-refractivity contribution in [3.05, 3.63) is 46.5 Å². The van der Waals surface area contributed by atoms with Crippen LogP contribution in [0.2, 0.25) is 0 Å². The summed E-state index contributed by atoms with van der Waals surface area (Å²) in [5.74, 6) is -0.785. The Hall–Kier alpha value is -2.82. The molecule has 4 atom stereocenters. The van der Waals surface area contributed by atoms with Crippen LogP contribution in [0, 0.1) is 0 Å². The van der Waals surface area contributed by atoms with Gasteiger partial charge in [0, 0.05) is 34.0 Å². The normalized spacial score (nSPS) is 23.2. The Morgan fingerprint density at radius 3 is 1.23 bits per heavy atom. The molecule has 2 aliphatic heterocycles. The largest absolute Gasteiger partial charge is 0.496 e. The summed E-state index contributed by atoms with van der Waals surface area (Å²) in [7, 11) is 2.59. The zero-order valence-corrected chi connectivity index (χ0v) is 34.2. The van der Waals surface area contributed by atoms with Gasteiger partial charge in [-0.15, -0.1) is 23.5 Å². The molecule has 0 radical (unpaired) electrons. The zero-order chi connectivity index (χ0) is 40.6. The van der Waals surface area contributed by atoms with Gasteiger partial charge in [0.25, 0.3) is 11.8 Å². The van der Waals surface area contributed by atoms with Crippen molar-refractivity contribution < 1.29 is 45.4 Å². The van der Waals surface area contributed by atoms with E-state index in [1.165, 1.54) is 39.9 Å². The first-order valence-electron chi connectivity index (χ1n) is 19.5. The van der Waals surface area contributed by atoms with Gasteiger partial charge in [-0.1, -0.05) is 33.1 Å². The predicted octanol–water partition coefficient (Wildman–Crippen LogP) is 9.78. The Morgan fingerprint density at radius 2 is 0.930 bits per heavy atom. The van der Waals surface area contributed by atoms with Crippen LogP contribution in [0.3, 0.4) is 0 Å². The molecule has 0 unspecified atom stereocenters. The monoisotopic (exact) mass is 848 g/mol. The van der Waals surface area contributed by atoms with Crippen molar-refractivity contribution in [1.29, 1.82) is 0 Å². The number of nitrogens with one attached hydrogen (secondary N) is 2. The lowest BCUT2D eigenvalue weighted by Crippen LogP contribution is -2.52. The van der Waals surface area contributed by atoms with Crippen LogP contribution < -0.4 is 20.1 Å². The molecule has 320 valence electrons. The molecule has 4 aliphatic rings. The van der Waals surface area contributed by atoms with Crippen molar-refractivity contribution >= 4 is 35.3 Å². The number of hydrogen-bond donors (Lipinski definition) is 2. The van der Waals surface area contributed by atoms with E-state index in [4.69, 9.17) is 9.47 Å². The van der Waals surface area contributed by atoms with Gasteiger partial charge in [-0.2, -0.15) is 26.3 Å². The van der Waals surface area contributed by atoms with Gasteiger partial charge in [0.15, 0.2) is 0 Å². The van der Waals surface area contributed by atoms with E-state index < -0.39 is 23.5 Å². The lowest BCUT2D eigenvalue weighted by molar-refractivity contribution is -0.138. The molecule has 6 rings (SSSR count). The lowest BCUT2D eigenvalue weighted by atomic mass is 9.89. The third-order valence-electron chi connectivity index (χ3n) is 11.4. The lowest BCUT2D eigenvalue weighted by Gasteiger charge is -2.38. The summed E-state index contributed by atoms with van der Waals surface area (Å²) in [6.07, 6.45) is 7.35. The number of nitrogens with zero attached hydrogens (tertiary/aromatic N) is 2. The number of carbonyl (C=O) groups excluding carboxylic acids is 2. The number of carbonyl (C=O) groups is 2. The fourth-order valence-corrected chi connectivity index (χ4v) is 9.94. The standard InChI is InChI=1S/2C20H27F3N2O2S.CH4/c2*1-27-16-11-13(20(21,22)23)12-17(28-2)18(16)19(26)24-14-7-3-4-8-15(14)25-9-5-6-10-25;/h2*11-12,14-15H,3-10H2,1-2H3,(H,24,26);1H4/t14-,15+;14-,15-;/m10./s1. The fraction of sp³-hybridized carbons (Fsp3) is 0.659. The molecule has 2 saturated carbocycles. The molecule has 2 saturated heterocycles. The van der Waals surface area contributed by atoms with Crippen LogP contribution in [0.4, 0.5) is 26.3 Å². The molecule has 2 amide bonds. The molecule has 2 aromatic rings. The van der Waals surface area contributed by atoms with Crippen LogP contribution in [0.15, 0.2) is 34.1 Å². The number of methoxy groups -OCH3 is 2. The Balaban J connectivity index is 0.000000248. The molecule has 2 aromatic carbocycles. The Kier molecular flexibility index (Phi) is 17.2. The van der Waals surface area contributed by atoms with Crippen molar-refractivity contribution in [2.45, 2.75) is 131 Å². The SMILES string of the molecule is C.COc1cc(C(F)(F)F)cc(SC)c1C(=O)N[C@@H]1CCCC[C@@H]1N1CCCC1.COc1cc(C(F)(F)F)cc(SC)c1C(=O)N[C@H]1CCCC[C@@H]1N1CCCC1. The molecule has 0 bridgehead atoms. The van der Waals surface area contributed by atoms with Crippen LogP contribution in [0.5, 0.6) is 11.5 Å². The number of amides is 2. The number of likely N-dealkylation sites (tertiary alicyclic amines) is 2. The Labute approximate surface area is 341 Å². The van der Waals surface area contributed by atoms with E-state index in [1.807, 2.05) is 0 Å². The maximum Gasteiger partial charge on any atom is 0.416 e. The molecular formula is C41H58F6N4O4S2. The highest BCUT2D eigenvalue weighted by Crippen LogP contribution is 2.40. The van der Waals surface area contributed by atoms with E-state index in [0.29, 0.717) is 12.1 Å². The van der Waals surface area contributed by atoms with Gasteiger partial charge in [-0.25, -0.2) is 0 Å². The van der Waals surface area contributed by atoms with Crippen molar-refractivity contribution in [3.63, 3.8) is 0 Å². The van der Waals surface area contributed by atoms with Gasteiger partial charge < -0.3 is 20.1 Å². The molecule has 2 N–H and O–H groups in total. The van der Waals surface area contributed by atoms with Crippen LogP contribution in [0.1, 0.15) is 116 Å². The summed E-state index contributed by atoms with van der Waals surface area (Å²) in [5.41, 5.74) is -1.24. The number of halogens is 6. The minimum atomic E-state index is -4.49. The van der Waals surface area contributed by atoms with Gasteiger partial charge in [0.05, 0.1) is 36.5 Å². The van der Waals surface area contributed by atoms with E-state index in [2.05, 4.69) is 20.4 Å². The van der Waals surface area contributed by atoms with E-state index in [9.17, 15) is 35.9 Å². The van der Waals surface area contributed by atoms with Gasteiger partial charge in [-0.3, -0.25) is 19.4 Å². The fourth-order valence-electron chi connectivity index (χ4n) is 8.66. The van der Waals surface area contributed by atoms with Crippen LogP contribution in [-0.4, -0.2) is 98.7 Å². The molecule has 4 fully saturated rings. The Morgan fingerprint density at radius 1 is 0.596 bits per heavy atom. The minimum Gasteiger partial charge on any atom is -0.496 e. The highest BCUT2D eigenvalue weighted by Gasteiger charge is 2.38. The first kappa shape index (κ1) is 46.9. The average molecular weight is 849 g/mol. The second-order valence-electron chi connectivity index (χ2n) is 14.9. The van der Waals surface area contributed by atoms with Crippen molar-refractivity contribution in [2.75, 3.05) is 52.9 Å². The summed E-state index contributed by atoms with van der Waals surface area (Å²) in [5, 5.41) is 6.23. The summed E-state index contributed by atoms with van der Waals surface area (Å²) in [6, 6.07) is 4.52. The molecular weight excluding hydrogens is 791 g/mol. The molecule has 0 spiro atoms. The summed E-state index contributed by atoms with van der Waals surface area (Å²) < 4.78 is 89.4. The van der Waals surface area contributed by atoms with Crippen LogP contribution in [-0.2, 0) is 12.4 Å². The van der Waals surface area contributed by atoms with E-state index in [0.717, 1.165) is 125 Å². The maximum atomic E-state index is 13.2. The second-order valence-corrected chi connectivity index (χ2v) is 16.6. The first-order chi connectivity index (χ1) is 26.7. The van der Waals surface area contributed by atoms with Gasteiger partial charge >= 0.3 is 12.4 Å². The van der Waals surface area contributed by atoms with Crippen LogP contribution >= 0.6 is 23.5 Å². The number of thioether (sulfide) groups is 2. The third-order valence-corrected chi connectivity index (χ3v) is 13.0. The topological polar surface area (TPSA) is 83.1 Å². The molecule has 2 heterocycles. The summed E-state index contributed by atoms with van der Waals surface area (Å²) in [4.78, 5) is 31.6. The van der Waals surface area contributed by atoms with Gasteiger partial charge in [0.2, 0.25) is 0 Å². The van der Waals surface area contributed by atoms with Crippen molar-refractivity contribution in [1.82, 2.24) is 20.4 Å². The number of alkyl halides is 6. The molecule has 0 aromatic heterocycles. The quantitative estimate of drug-likeness (QED) is 0.181. The van der Waals surface area contributed by atoms with Crippen molar-refractivity contribution in [3.8, 4) is 11.5 Å². The number of benzene rings is 2. The summed E-state index contributed by atoms with van der Waals surface area (Å²) >= 11 is 2.24. The average Bonchev–Trinajstić information content (AvgIpc) is 3.93. The number of rotatable bonds is 10.